The number of esters is 1. The second-order valence-corrected chi connectivity index (χ2v) is 7.92. The minimum Gasteiger partial charge on any atom is -0.462 e. The van der Waals surface area contributed by atoms with Crippen LogP contribution >= 0.6 is 22.9 Å². The first kappa shape index (κ1) is 18.1. The van der Waals surface area contributed by atoms with Gasteiger partial charge in [-0.15, -0.1) is 11.3 Å². The summed E-state index contributed by atoms with van der Waals surface area (Å²) >= 11 is 7.44. The number of carbonyl (C=O) groups excluding carboxylic acids is 2. The van der Waals surface area contributed by atoms with Crippen molar-refractivity contribution in [2.24, 2.45) is 0 Å². The molecule has 4 rings (SSSR count). The van der Waals surface area contributed by atoms with Crippen molar-refractivity contribution in [2.75, 3.05) is 11.9 Å². The number of thiophene rings is 1. The van der Waals surface area contributed by atoms with Gasteiger partial charge in [-0.2, -0.15) is 0 Å². The fourth-order valence-electron chi connectivity index (χ4n) is 3.36. The lowest BCUT2D eigenvalue weighted by Crippen LogP contribution is -2.15. The van der Waals surface area contributed by atoms with Crippen LogP contribution in [0.4, 0.5) is 5.00 Å². The highest BCUT2D eigenvalue weighted by Crippen LogP contribution is 2.39. The normalized spacial score (nSPS) is 13.4. The Hall–Kier alpha value is -2.31. The smallest absolute Gasteiger partial charge is 0.341 e. The summed E-state index contributed by atoms with van der Waals surface area (Å²) in [5.41, 5.74) is 2.08. The number of fused-ring (bicyclic) bond motifs is 2. The van der Waals surface area contributed by atoms with Crippen LogP contribution in [0, 0.1) is 0 Å². The molecule has 7 heteroatoms. The SMILES string of the molecule is CCOC(=O)c1c(NC(=O)c2cc3cc(Cl)ccc3o2)sc2c1CCCC2. The minimum atomic E-state index is -0.397. The van der Waals surface area contributed by atoms with E-state index < -0.39 is 5.91 Å². The molecule has 0 unspecified atom stereocenters. The number of carbonyl (C=O) groups is 2. The summed E-state index contributed by atoms with van der Waals surface area (Å²) in [4.78, 5) is 26.4. The molecule has 0 radical (unpaired) electrons. The number of nitrogens with one attached hydrogen (secondary N) is 1. The van der Waals surface area contributed by atoms with Gasteiger partial charge in [0.25, 0.3) is 5.91 Å². The van der Waals surface area contributed by atoms with Gasteiger partial charge in [0.15, 0.2) is 5.76 Å². The molecular weight excluding hydrogens is 386 g/mol. The maximum Gasteiger partial charge on any atom is 0.341 e. The zero-order valence-electron chi connectivity index (χ0n) is 14.8. The molecule has 2 heterocycles. The minimum absolute atomic E-state index is 0.174. The monoisotopic (exact) mass is 403 g/mol. The van der Waals surface area contributed by atoms with Crippen molar-refractivity contribution >= 4 is 50.8 Å². The second-order valence-electron chi connectivity index (χ2n) is 6.38. The van der Waals surface area contributed by atoms with E-state index in [9.17, 15) is 9.59 Å². The van der Waals surface area contributed by atoms with Gasteiger partial charge in [0.05, 0.1) is 12.2 Å². The number of halogens is 1. The van der Waals surface area contributed by atoms with Crippen molar-refractivity contribution in [3.63, 3.8) is 0 Å². The maximum absolute atomic E-state index is 12.7. The van der Waals surface area contributed by atoms with E-state index in [1.165, 1.54) is 11.3 Å². The van der Waals surface area contributed by atoms with Crippen LogP contribution in [0.15, 0.2) is 28.7 Å². The van der Waals surface area contributed by atoms with Crippen molar-refractivity contribution in [3.05, 3.63) is 51.1 Å². The Morgan fingerprint density at radius 3 is 2.89 bits per heavy atom. The number of hydrogen-bond acceptors (Lipinski definition) is 5. The van der Waals surface area contributed by atoms with Crippen molar-refractivity contribution in [1.29, 1.82) is 0 Å². The van der Waals surface area contributed by atoms with E-state index in [0.717, 1.165) is 41.5 Å². The summed E-state index contributed by atoms with van der Waals surface area (Å²) in [5.74, 6) is -0.608. The predicted octanol–water partition coefficient (Wildman–Crippen LogP) is 5.46. The molecule has 1 N–H and O–H groups in total. The first-order chi connectivity index (χ1) is 13.1. The summed E-state index contributed by atoms with van der Waals surface area (Å²) < 4.78 is 10.8. The molecule has 0 bridgehead atoms. The van der Waals surface area contributed by atoms with Gasteiger partial charge in [0.2, 0.25) is 0 Å². The Morgan fingerprint density at radius 2 is 2.07 bits per heavy atom. The summed E-state index contributed by atoms with van der Waals surface area (Å²) in [6.07, 6.45) is 3.88. The number of amides is 1. The molecular formula is C20H18ClNO4S. The highest BCUT2D eigenvalue weighted by molar-refractivity contribution is 7.17. The number of aryl methyl sites for hydroxylation is 1. The van der Waals surface area contributed by atoms with Gasteiger partial charge >= 0.3 is 5.97 Å². The topological polar surface area (TPSA) is 68.5 Å². The van der Waals surface area contributed by atoms with Crippen molar-refractivity contribution in [3.8, 4) is 0 Å². The molecule has 140 valence electrons. The van der Waals surface area contributed by atoms with Gasteiger partial charge in [0, 0.05) is 15.3 Å². The Kier molecular flexibility index (Phi) is 4.93. The number of ether oxygens (including phenoxy) is 1. The van der Waals surface area contributed by atoms with E-state index >= 15 is 0 Å². The molecule has 0 aliphatic heterocycles. The van der Waals surface area contributed by atoms with Gasteiger partial charge in [0.1, 0.15) is 10.6 Å². The molecule has 0 atom stereocenters. The standard InChI is InChI=1S/C20H18ClNO4S/c1-2-25-20(24)17-13-5-3-4-6-16(13)27-19(17)22-18(23)15-10-11-9-12(21)7-8-14(11)26-15/h7-10H,2-6H2,1H3,(H,22,23). The average Bonchev–Trinajstić information content (AvgIpc) is 3.22. The van der Waals surface area contributed by atoms with Crippen LogP contribution in [-0.4, -0.2) is 18.5 Å². The fraction of sp³-hybridized carbons (Fsp3) is 0.300. The largest absolute Gasteiger partial charge is 0.462 e. The average molecular weight is 404 g/mol. The van der Waals surface area contributed by atoms with Crippen LogP contribution < -0.4 is 5.32 Å². The van der Waals surface area contributed by atoms with Crippen molar-refractivity contribution < 1.29 is 18.7 Å². The van der Waals surface area contributed by atoms with Gasteiger partial charge < -0.3 is 14.5 Å². The molecule has 2 aromatic heterocycles. The lowest BCUT2D eigenvalue weighted by Gasteiger charge is -2.12. The number of anilines is 1. The van der Waals surface area contributed by atoms with E-state index in [4.69, 9.17) is 20.8 Å². The molecule has 0 saturated carbocycles. The first-order valence-corrected chi connectivity index (χ1v) is 10.1. The van der Waals surface area contributed by atoms with Gasteiger partial charge in [-0.3, -0.25) is 4.79 Å². The number of rotatable bonds is 4. The molecule has 0 saturated heterocycles. The summed E-state index contributed by atoms with van der Waals surface area (Å²) in [7, 11) is 0. The third-order valence-corrected chi connectivity index (χ3v) is 6.02. The van der Waals surface area contributed by atoms with E-state index in [0.29, 0.717) is 27.8 Å². The van der Waals surface area contributed by atoms with E-state index in [2.05, 4.69) is 5.32 Å². The summed E-state index contributed by atoms with van der Waals surface area (Å²) in [6.45, 7) is 2.07. The van der Waals surface area contributed by atoms with E-state index in [1.807, 2.05) is 0 Å². The molecule has 27 heavy (non-hydrogen) atoms. The highest BCUT2D eigenvalue weighted by atomic mass is 35.5. The number of hydrogen-bond donors (Lipinski definition) is 1. The maximum atomic E-state index is 12.7. The quantitative estimate of drug-likeness (QED) is 0.587. The van der Waals surface area contributed by atoms with Crippen LogP contribution in [0.5, 0.6) is 0 Å². The molecule has 1 aliphatic rings. The Balaban J connectivity index is 1.67. The molecule has 0 fully saturated rings. The first-order valence-electron chi connectivity index (χ1n) is 8.89. The molecule has 3 aromatic rings. The number of furan rings is 1. The lowest BCUT2D eigenvalue weighted by molar-refractivity contribution is 0.0526. The molecule has 1 aliphatic carbocycles. The van der Waals surface area contributed by atoms with Gasteiger partial charge in [-0.05, 0) is 62.4 Å². The van der Waals surface area contributed by atoms with Crippen molar-refractivity contribution in [1.82, 2.24) is 0 Å². The molecule has 1 aromatic carbocycles. The van der Waals surface area contributed by atoms with E-state index in [1.54, 1.807) is 31.2 Å². The van der Waals surface area contributed by atoms with Crippen LogP contribution in [0.2, 0.25) is 5.02 Å². The van der Waals surface area contributed by atoms with Gasteiger partial charge in [-0.1, -0.05) is 11.6 Å². The zero-order valence-corrected chi connectivity index (χ0v) is 16.3. The highest BCUT2D eigenvalue weighted by Gasteiger charge is 2.28. The molecule has 5 nitrogen and oxygen atoms in total. The zero-order chi connectivity index (χ0) is 19.0. The van der Waals surface area contributed by atoms with Gasteiger partial charge in [-0.25, -0.2) is 4.79 Å². The van der Waals surface area contributed by atoms with E-state index in [-0.39, 0.29) is 11.7 Å². The molecule has 1 amide bonds. The Labute approximate surface area is 165 Å². The fourth-order valence-corrected chi connectivity index (χ4v) is 4.82. The van der Waals surface area contributed by atoms with Crippen LogP contribution in [0.1, 0.15) is 51.1 Å². The summed E-state index contributed by atoms with van der Waals surface area (Å²) in [6, 6.07) is 6.82. The van der Waals surface area contributed by atoms with Crippen LogP contribution in [0.25, 0.3) is 11.0 Å². The Bertz CT molecular complexity index is 1040. The second kappa shape index (κ2) is 7.37. The third kappa shape index (κ3) is 3.47. The Morgan fingerprint density at radius 1 is 1.26 bits per heavy atom. The summed E-state index contributed by atoms with van der Waals surface area (Å²) in [5, 5.41) is 4.71. The predicted molar refractivity (Wildman–Crippen MR) is 106 cm³/mol. The lowest BCUT2D eigenvalue weighted by atomic mass is 9.95. The van der Waals surface area contributed by atoms with Crippen LogP contribution in [0.3, 0.4) is 0 Å². The number of benzene rings is 1. The third-order valence-electron chi connectivity index (χ3n) is 4.58. The van der Waals surface area contributed by atoms with Crippen molar-refractivity contribution in [2.45, 2.75) is 32.6 Å². The molecule has 0 spiro atoms. The van der Waals surface area contributed by atoms with Crippen LogP contribution in [-0.2, 0) is 17.6 Å².